The van der Waals surface area contributed by atoms with Crippen LogP contribution in [0, 0.1) is 5.92 Å². The quantitative estimate of drug-likeness (QED) is 0.0920. The lowest BCUT2D eigenvalue weighted by atomic mass is 9.91. The number of carboxylic acid groups (broad SMARTS) is 2. The van der Waals surface area contributed by atoms with E-state index in [-0.39, 0.29) is 31.0 Å². The summed E-state index contributed by atoms with van der Waals surface area (Å²) in [4.78, 5) is 46.5. The van der Waals surface area contributed by atoms with E-state index in [1.807, 2.05) is 26.0 Å². The zero-order valence-electron chi connectivity index (χ0n) is 23.1. The van der Waals surface area contributed by atoms with Crippen LogP contribution < -0.4 is 0 Å². The van der Waals surface area contributed by atoms with Gasteiger partial charge in [0.25, 0.3) is 0 Å². The van der Waals surface area contributed by atoms with Crippen molar-refractivity contribution in [3.8, 4) is 5.75 Å². The van der Waals surface area contributed by atoms with E-state index in [1.165, 1.54) is 12.1 Å². The Balaban J connectivity index is 0.000000290. The smallest absolute Gasteiger partial charge is 0.320 e. The molecule has 0 bridgehead atoms. The number of aliphatic carboxylic acids is 2. The zero-order chi connectivity index (χ0) is 30.4. The van der Waals surface area contributed by atoms with Crippen molar-refractivity contribution in [1.29, 1.82) is 0 Å². The number of phenolic OH excluding ortho intramolecular Hbond substituents is 1. The van der Waals surface area contributed by atoms with Crippen LogP contribution in [0.1, 0.15) is 66.1 Å². The summed E-state index contributed by atoms with van der Waals surface area (Å²) >= 11 is 5.79. The molecule has 8 nitrogen and oxygen atoms in total. The highest BCUT2D eigenvalue weighted by Gasteiger charge is 2.28. The van der Waals surface area contributed by atoms with Crippen molar-refractivity contribution in [2.45, 2.75) is 51.9 Å². The Labute approximate surface area is 244 Å². The van der Waals surface area contributed by atoms with Gasteiger partial charge in [-0.2, -0.15) is 0 Å². The SMILES string of the molecule is CCCCOC(=O)C(Cc1ccc(O)cc1)C(=O)O.CCc1ccc(C(CC(=O)c2ccc(Cl)cc2)C(=O)O)cc1. The van der Waals surface area contributed by atoms with E-state index in [4.69, 9.17) is 26.6 Å². The molecule has 3 aromatic rings. The maximum atomic E-state index is 12.3. The number of carbonyl (C=O) groups excluding carboxylic acids is 2. The number of ketones is 1. The standard InChI is InChI=1S/C18H17ClO3.C14H18O5/c1-2-12-3-5-13(6-4-12)16(18(21)22)11-17(20)14-7-9-15(19)10-8-14;1-2-3-8-19-14(18)12(13(16)17)9-10-4-6-11(15)7-5-10/h3-10,16H,2,11H2,1H3,(H,21,22);4-7,12,15H,2-3,8-9H2,1H3,(H,16,17). The third-order valence-corrected chi connectivity index (χ3v) is 6.60. The fourth-order valence-electron chi connectivity index (χ4n) is 3.83. The van der Waals surface area contributed by atoms with Gasteiger partial charge in [-0.25, -0.2) is 0 Å². The summed E-state index contributed by atoms with van der Waals surface area (Å²) < 4.78 is 4.93. The highest BCUT2D eigenvalue weighted by Crippen LogP contribution is 2.24. The van der Waals surface area contributed by atoms with Gasteiger partial charge in [-0.05, 0) is 72.4 Å². The summed E-state index contributed by atoms with van der Waals surface area (Å²) in [5.74, 6) is -5.06. The van der Waals surface area contributed by atoms with Gasteiger partial charge in [0.2, 0.25) is 0 Å². The van der Waals surface area contributed by atoms with Crippen LogP contribution in [0.5, 0.6) is 5.75 Å². The minimum atomic E-state index is -1.21. The Morgan fingerprint density at radius 3 is 1.90 bits per heavy atom. The lowest BCUT2D eigenvalue weighted by Gasteiger charge is -2.13. The van der Waals surface area contributed by atoms with Crippen molar-refractivity contribution in [3.05, 3.63) is 100 Å². The van der Waals surface area contributed by atoms with Crippen LogP contribution in [0.25, 0.3) is 0 Å². The zero-order valence-corrected chi connectivity index (χ0v) is 23.8. The molecule has 218 valence electrons. The van der Waals surface area contributed by atoms with E-state index >= 15 is 0 Å². The number of phenols is 1. The van der Waals surface area contributed by atoms with Gasteiger partial charge in [0.05, 0.1) is 12.5 Å². The lowest BCUT2D eigenvalue weighted by molar-refractivity contribution is -0.158. The van der Waals surface area contributed by atoms with E-state index in [1.54, 1.807) is 48.5 Å². The van der Waals surface area contributed by atoms with Crippen molar-refractivity contribution in [2.75, 3.05) is 6.61 Å². The predicted molar refractivity (Wildman–Crippen MR) is 155 cm³/mol. The van der Waals surface area contributed by atoms with Crippen LogP contribution in [0.15, 0.2) is 72.8 Å². The van der Waals surface area contributed by atoms with Gasteiger partial charge in [0, 0.05) is 17.0 Å². The maximum absolute atomic E-state index is 12.3. The number of unbranched alkanes of at least 4 members (excludes halogenated alkanes) is 1. The number of rotatable bonds is 13. The highest BCUT2D eigenvalue weighted by molar-refractivity contribution is 6.30. The Hall–Kier alpha value is -4.17. The molecule has 0 heterocycles. The van der Waals surface area contributed by atoms with Crippen molar-refractivity contribution in [2.24, 2.45) is 5.92 Å². The van der Waals surface area contributed by atoms with Crippen molar-refractivity contribution in [3.63, 3.8) is 0 Å². The van der Waals surface area contributed by atoms with Crippen molar-refractivity contribution < 1.29 is 39.2 Å². The van der Waals surface area contributed by atoms with E-state index in [2.05, 4.69) is 0 Å². The number of halogens is 1. The number of ether oxygens (including phenoxy) is 1. The Kier molecular flexibility index (Phi) is 13.6. The van der Waals surface area contributed by atoms with Gasteiger partial charge in [0.15, 0.2) is 11.7 Å². The summed E-state index contributed by atoms with van der Waals surface area (Å²) in [5.41, 5.74) is 2.92. The molecule has 0 aliphatic carbocycles. The summed E-state index contributed by atoms with van der Waals surface area (Å²) in [6.07, 6.45) is 2.48. The molecular formula is C32H35ClO8. The fourth-order valence-corrected chi connectivity index (χ4v) is 3.96. The second kappa shape index (κ2) is 16.8. The van der Waals surface area contributed by atoms with Crippen LogP contribution in [0.4, 0.5) is 0 Å². The van der Waals surface area contributed by atoms with E-state index < -0.39 is 29.7 Å². The molecule has 0 spiro atoms. The van der Waals surface area contributed by atoms with E-state index in [0.717, 1.165) is 24.8 Å². The molecule has 2 atom stereocenters. The number of hydrogen-bond acceptors (Lipinski definition) is 6. The third-order valence-electron chi connectivity index (χ3n) is 6.35. The first-order chi connectivity index (χ1) is 19.5. The van der Waals surface area contributed by atoms with Crippen LogP contribution in [0.2, 0.25) is 5.02 Å². The highest BCUT2D eigenvalue weighted by atomic mass is 35.5. The van der Waals surface area contributed by atoms with Gasteiger partial charge in [-0.3, -0.25) is 19.2 Å². The van der Waals surface area contributed by atoms with Gasteiger partial charge in [-0.15, -0.1) is 0 Å². The molecule has 0 radical (unpaired) electrons. The fraction of sp³-hybridized carbons (Fsp3) is 0.312. The third kappa shape index (κ3) is 11.1. The van der Waals surface area contributed by atoms with Crippen LogP contribution in [-0.2, 0) is 32.0 Å². The number of aromatic hydroxyl groups is 1. The minimum Gasteiger partial charge on any atom is -0.508 e. The maximum Gasteiger partial charge on any atom is 0.320 e. The first kappa shape index (κ1) is 33.0. The van der Waals surface area contributed by atoms with E-state index in [9.17, 15) is 24.3 Å². The molecule has 0 aromatic heterocycles. The van der Waals surface area contributed by atoms with Gasteiger partial charge < -0.3 is 20.1 Å². The van der Waals surface area contributed by atoms with E-state index in [0.29, 0.717) is 21.7 Å². The molecule has 0 fully saturated rings. The number of esters is 1. The molecule has 0 aliphatic rings. The molecule has 0 saturated carbocycles. The largest absolute Gasteiger partial charge is 0.508 e. The van der Waals surface area contributed by atoms with Gasteiger partial charge in [-0.1, -0.05) is 68.3 Å². The molecule has 3 rings (SSSR count). The molecule has 3 N–H and O–H groups in total. The molecule has 0 aliphatic heterocycles. The number of Topliss-reactive ketones (excluding diaryl/α,β-unsaturated/α-hetero) is 1. The number of benzene rings is 3. The Morgan fingerprint density at radius 1 is 0.805 bits per heavy atom. The molecule has 2 unspecified atom stereocenters. The van der Waals surface area contributed by atoms with Crippen LogP contribution in [0.3, 0.4) is 0 Å². The summed E-state index contributed by atoms with van der Waals surface area (Å²) in [6, 6.07) is 19.9. The number of aryl methyl sites for hydroxylation is 1. The van der Waals surface area contributed by atoms with Crippen molar-refractivity contribution in [1.82, 2.24) is 0 Å². The average molecular weight is 583 g/mol. The van der Waals surface area contributed by atoms with Crippen LogP contribution in [-0.4, -0.2) is 45.6 Å². The van der Waals surface area contributed by atoms with Crippen molar-refractivity contribution >= 4 is 35.3 Å². The summed E-state index contributed by atoms with van der Waals surface area (Å²) in [6.45, 7) is 4.24. The Morgan fingerprint density at radius 2 is 1.39 bits per heavy atom. The Bertz CT molecular complexity index is 1280. The summed E-state index contributed by atoms with van der Waals surface area (Å²) in [5, 5.41) is 28.2. The molecule has 9 heteroatoms. The lowest BCUT2D eigenvalue weighted by Crippen LogP contribution is -2.28. The number of carbonyl (C=O) groups is 4. The molecule has 41 heavy (non-hydrogen) atoms. The normalized spacial score (nSPS) is 11.9. The first-order valence-corrected chi connectivity index (χ1v) is 13.7. The molecular weight excluding hydrogens is 548 g/mol. The first-order valence-electron chi connectivity index (χ1n) is 13.3. The second-order valence-electron chi connectivity index (χ2n) is 9.40. The molecule has 3 aromatic carbocycles. The number of hydrogen-bond donors (Lipinski definition) is 3. The van der Waals surface area contributed by atoms with Crippen LogP contribution >= 0.6 is 11.6 Å². The monoisotopic (exact) mass is 582 g/mol. The van der Waals surface area contributed by atoms with Gasteiger partial charge in [0.1, 0.15) is 5.75 Å². The number of carboxylic acids is 2. The second-order valence-corrected chi connectivity index (χ2v) is 9.84. The topological polar surface area (TPSA) is 138 Å². The summed E-state index contributed by atoms with van der Waals surface area (Å²) in [7, 11) is 0. The average Bonchev–Trinajstić information content (AvgIpc) is 2.96. The minimum absolute atomic E-state index is 0.0561. The molecule has 0 amide bonds. The molecule has 0 saturated heterocycles. The van der Waals surface area contributed by atoms with Gasteiger partial charge >= 0.3 is 17.9 Å². The predicted octanol–water partition coefficient (Wildman–Crippen LogP) is 6.32.